The van der Waals surface area contributed by atoms with Crippen LogP contribution >= 0.6 is 31.9 Å². The molecule has 2 aromatic carbocycles. The fourth-order valence-corrected chi connectivity index (χ4v) is 2.66. The number of aliphatic carboxylic acids is 1. The third-order valence-corrected chi connectivity index (χ3v) is 4.24. The molecule has 0 aliphatic heterocycles. The predicted molar refractivity (Wildman–Crippen MR) is 83.1 cm³/mol. The zero-order valence-electron chi connectivity index (χ0n) is 10.3. The molecule has 0 radical (unpaired) electrons. The summed E-state index contributed by atoms with van der Waals surface area (Å²) < 4.78 is 1.43. The van der Waals surface area contributed by atoms with Crippen molar-refractivity contribution in [1.29, 1.82) is 0 Å². The first-order valence-electron chi connectivity index (χ1n) is 5.78. The van der Waals surface area contributed by atoms with Crippen molar-refractivity contribution in [2.75, 3.05) is 0 Å². The first-order valence-corrected chi connectivity index (χ1v) is 7.37. The van der Waals surface area contributed by atoms with Gasteiger partial charge in [-0.1, -0.05) is 28.1 Å². The fourth-order valence-electron chi connectivity index (χ4n) is 1.81. The molecule has 3 nitrogen and oxygen atoms in total. The van der Waals surface area contributed by atoms with Gasteiger partial charge in [0.1, 0.15) is 0 Å². The lowest BCUT2D eigenvalue weighted by molar-refractivity contribution is -0.136. The summed E-state index contributed by atoms with van der Waals surface area (Å²) in [5, 5.41) is 8.86. The maximum Gasteiger partial charge on any atom is 0.307 e. The van der Waals surface area contributed by atoms with Gasteiger partial charge in [0, 0.05) is 20.1 Å². The van der Waals surface area contributed by atoms with Crippen LogP contribution in [0.5, 0.6) is 0 Å². The van der Waals surface area contributed by atoms with E-state index < -0.39 is 5.97 Å². The molecule has 0 heterocycles. The number of hydrogen-bond acceptors (Lipinski definition) is 2. The van der Waals surface area contributed by atoms with Crippen LogP contribution in [0.1, 0.15) is 21.5 Å². The molecule has 0 aliphatic rings. The van der Waals surface area contributed by atoms with Gasteiger partial charge in [-0.2, -0.15) is 0 Å². The van der Waals surface area contributed by atoms with Gasteiger partial charge in [-0.25, -0.2) is 0 Å². The minimum Gasteiger partial charge on any atom is -0.481 e. The molecule has 0 spiro atoms. The number of rotatable bonds is 4. The molecule has 0 atom stereocenters. The lowest BCUT2D eigenvalue weighted by Crippen LogP contribution is -2.06. The van der Waals surface area contributed by atoms with Crippen LogP contribution in [0.15, 0.2) is 51.4 Å². The quantitative estimate of drug-likeness (QED) is 0.791. The smallest absolute Gasteiger partial charge is 0.307 e. The highest BCUT2D eigenvalue weighted by Gasteiger charge is 2.16. The Kier molecular flexibility index (Phi) is 4.73. The van der Waals surface area contributed by atoms with Crippen molar-refractivity contribution in [2.24, 2.45) is 0 Å². The van der Waals surface area contributed by atoms with Crippen LogP contribution < -0.4 is 0 Å². The lowest BCUT2D eigenvalue weighted by Gasteiger charge is -2.08. The summed E-state index contributed by atoms with van der Waals surface area (Å²) in [7, 11) is 0. The second-order valence-corrected chi connectivity index (χ2v) is 5.89. The van der Waals surface area contributed by atoms with Crippen LogP contribution in [-0.4, -0.2) is 16.9 Å². The highest BCUT2D eigenvalue weighted by Crippen LogP contribution is 2.25. The van der Waals surface area contributed by atoms with Crippen molar-refractivity contribution in [3.63, 3.8) is 0 Å². The third kappa shape index (κ3) is 3.35. The summed E-state index contributed by atoms with van der Waals surface area (Å²) in [6.07, 6.45) is -0.123. The second kappa shape index (κ2) is 6.33. The zero-order chi connectivity index (χ0) is 14.7. The Labute approximate surface area is 132 Å². The van der Waals surface area contributed by atoms with Crippen molar-refractivity contribution < 1.29 is 14.7 Å². The van der Waals surface area contributed by atoms with E-state index in [0.29, 0.717) is 21.2 Å². The standard InChI is InChI=1S/C15H10Br2O3/c16-11-6-4-9(5-7-11)15(20)12-3-1-2-10(14(12)17)8-13(18)19/h1-7H,8H2,(H,18,19). The number of carbonyl (C=O) groups is 2. The maximum atomic E-state index is 12.4. The minimum atomic E-state index is -0.932. The molecular formula is C15H10Br2O3. The molecule has 0 fully saturated rings. The first kappa shape index (κ1) is 14.9. The summed E-state index contributed by atoms with van der Waals surface area (Å²) in [5.74, 6) is -1.07. The molecule has 0 saturated heterocycles. The normalized spacial score (nSPS) is 10.3. The van der Waals surface area contributed by atoms with Crippen LogP contribution in [0.3, 0.4) is 0 Å². The van der Waals surface area contributed by atoms with Gasteiger partial charge >= 0.3 is 5.97 Å². The predicted octanol–water partition coefficient (Wildman–Crippen LogP) is 4.07. The van der Waals surface area contributed by atoms with Crippen LogP contribution in [0.25, 0.3) is 0 Å². The molecular weight excluding hydrogens is 388 g/mol. The Balaban J connectivity index is 2.39. The molecule has 2 rings (SSSR count). The van der Waals surface area contributed by atoms with Crippen molar-refractivity contribution in [3.05, 3.63) is 68.1 Å². The summed E-state index contributed by atoms with van der Waals surface area (Å²) in [5.41, 5.74) is 1.60. The van der Waals surface area contributed by atoms with Crippen molar-refractivity contribution in [1.82, 2.24) is 0 Å². The van der Waals surface area contributed by atoms with E-state index in [-0.39, 0.29) is 12.2 Å². The highest BCUT2D eigenvalue weighted by atomic mass is 79.9. The summed E-state index contributed by atoms with van der Waals surface area (Å²) in [6.45, 7) is 0. The van der Waals surface area contributed by atoms with Crippen molar-refractivity contribution >= 4 is 43.6 Å². The van der Waals surface area contributed by atoms with Gasteiger partial charge in [0.15, 0.2) is 5.78 Å². The van der Waals surface area contributed by atoms with Gasteiger partial charge in [-0.3, -0.25) is 9.59 Å². The van der Waals surface area contributed by atoms with Gasteiger partial charge in [0.2, 0.25) is 0 Å². The van der Waals surface area contributed by atoms with Gasteiger partial charge in [-0.15, -0.1) is 0 Å². The van der Waals surface area contributed by atoms with Gasteiger partial charge in [0.25, 0.3) is 0 Å². The average molecular weight is 398 g/mol. The second-order valence-electron chi connectivity index (χ2n) is 4.19. The van der Waals surface area contributed by atoms with E-state index in [1.165, 1.54) is 0 Å². The van der Waals surface area contributed by atoms with E-state index in [0.717, 1.165) is 4.47 Å². The maximum absolute atomic E-state index is 12.4. The largest absolute Gasteiger partial charge is 0.481 e. The van der Waals surface area contributed by atoms with Crippen LogP contribution in [0, 0.1) is 0 Å². The summed E-state index contributed by atoms with van der Waals surface area (Å²) in [6, 6.07) is 12.1. The Hall–Kier alpha value is -1.46. The molecule has 102 valence electrons. The Bertz CT molecular complexity index is 663. The average Bonchev–Trinajstić information content (AvgIpc) is 2.41. The van der Waals surface area contributed by atoms with Gasteiger partial charge < -0.3 is 5.11 Å². The van der Waals surface area contributed by atoms with E-state index >= 15 is 0 Å². The number of halogens is 2. The van der Waals surface area contributed by atoms with Crippen molar-refractivity contribution in [3.8, 4) is 0 Å². The molecule has 1 N–H and O–H groups in total. The molecule has 0 amide bonds. The number of carboxylic acid groups (broad SMARTS) is 1. The number of benzene rings is 2. The van der Waals surface area contributed by atoms with Crippen molar-refractivity contribution in [2.45, 2.75) is 6.42 Å². The molecule has 0 bridgehead atoms. The first-order chi connectivity index (χ1) is 9.49. The van der Waals surface area contributed by atoms with E-state index in [1.807, 2.05) is 0 Å². The minimum absolute atomic E-state index is 0.123. The van der Waals surface area contributed by atoms with E-state index in [2.05, 4.69) is 31.9 Å². The fraction of sp³-hybridized carbons (Fsp3) is 0.0667. The molecule has 2 aromatic rings. The summed E-state index contributed by atoms with van der Waals surface area (Å²) in [4.78, 5) is 23.2. The van der Waals surface area contributed by atoms with Crippen LogP contribution in [0.4, 0.5) is 0 Å². The molecule has 5 heteroatoms. The zero-order valence-corrected chi connectivity index (χ0v) is 13.4. The molecule has 0 saturated carbocycles. The van der Waals surface area contributed by atoms with Gasteiger partial charge in [0.05, 0.1) is 6.42 Å². The lowest BCUT2D eigenvalue weighted by atomic mass is 10.0. The van der Waals surface area contributed by atoms with Crippen LogP contribution in [-0.2, 0) is 11.2 Å². The number of ketones is 1. The number of carbonyl (C=O) groups excluding carboxylic acids is 1. The Morgan fingerprint density at radius 2 is 1.65 bits per heavy atom. The number of carboxylic acids is 1. The third-order valence-electron chi connectivity index (χ3n) is 2.77. The Morgan fingerprint density at radius 1 is 1.00 bits per heavy atom. The number of hydrogen-bond donors (Lipinski definition) is 1. The molecule has 0 aromatic heterocycles. The molecule has 0 unspecified atom stereocenters. The summed E-state index contributed by atoms with van der Waals surface area (Å²) >= 11 is 6.65. The van der Waals surface area contributed by atoms with Crippen LogP contribution in [0.2, 0.25) is 0 Å². The topological polar surface area (TPSA) is 54.4 Å². The Morgan fingerprint density at radius 3 is 2.25 bits per heavy atom. The van der Waals surface area contributed by atoms with Gasteiger partial charge in [-0.05, 0) is 51.8 Å². The molecule has 0 aliphatic carbocycles. The van der Waals surface area contributed by atoms with E-state index in [1.54, 1.807) is 42.5 Å². The SMILES string of the molecule is O=C(O)Cc1cccc(C(=O)c2ccc(Br)cc2)c1Br. The van der Waals surface area contributed by atoms with E-state index in [4.69, 9.17) is 5.11 Å². The van der Waals surface area contributed by atoms with E-state index in [9.17, 15) is 9.59 Å². The molecule has 20 heavy (non-hydrogen) atoms. The monoisotopic (exact) mass is 396 g/mol. The highest BCUT2D eigenvalue weighted by molar-refractivity contribution is 9.10.